The monoisotopic (exact) mass is 390 g/mol. The fraction of sp³-hybridized carbons (Fsp3) is 0. The highest BCUT2D eigenvalue weighted by atomic mass is 16.3. The second kappa shape index (κ2) is 6.35. The first kappa shape index (κ1) is 16.6. The summed E-state index contributed by atoms with van der Waals surface area (Å²) in [5, 5.41) is 12.0. The predicted molar refractivity (Wildman–Crippen MR) is 116 cm³/mol. The summed E-state index contributed by atoms with van der Waals surface area (Å²) in [7, 11) is 0. The number of fused-ring (bicyclic) bond motifs is 4. The molecule has 0 fully saturated rings. The Labute approximate surface area is 170 Å². The van der Waals surface area contributed by atoms with E-state index in [0.29, 0.717) is 16.5 Å². The molecular formula is C24H14N4O2. The molecule has 6 heteroatoms. The van der Waals surface area contributed by atoms with E-state index in [4.69, 9.17) is 4.42 Å². The van der Waals surface area contributed by atoms with Gasteiger partial charge in [-0.05, 0) is 47.9 Å². The van der Waals surface area contributed by atoms with E-state index in [0.717, 1.165) is 27.5 Å². The van der Waals surface area contributed by atoms with Gasteiger partial charge in [-0.2, -0.15) is 9.78 Å². The number of benzene rings is 4. The molecule has 0 spiro atoms. The highest BCUT2D eigenvalue weighted by Gasteiger charge is 2.11. The molecule has 142 valence electrons. The molecule has 4 aromatic carbocycles. The maximum Gasteiger partial charge on any atom is 0.284 e. The van der Waals surface area contributed by atoms with Crippen LogP contribution in [-0.4, -0.2) is 20.0 Å². The molecule has 2 heterocycles. The van der Waals surface area contributed by atoms with Crippen LogP contribution in [0.4, 0.5) is 0 Å². The van der Waals surface area contributed by atoms with Crippen LogP contribution in [0, 0.1) is 0 Å². The molecule has 6 rings (SSSR count). The Bertz CT molecular complexity index is 1610. The SMILES string of the molecule is O=c1nc(-c2ccc(-n3nc4ccc5ccccc5c4n3)cc2)oc2ccccc12. The molecule has 0 saturated carbocycles. The molecule has 0 amide bonds. The van der Waals surface area contributed by atoms with Crippen LogP contribution in [0.15, 0.2) is 94.1 Å². The molecular weight excluding hydrogens is 376 g/mol. The minimum Gasteiger partial charge on any atom is -0.437 e. The summed E-state index contributed by atoms with van der Waals surface area (Å²) in [6, 6.07) is 26.7. The van der Waals surface area contributed by atoms with Gasteiger partial charge in [0.1, 0.15) is 16.6 Å². The Morgan fingerprint density at radius 3 is 2.37 bits per heavy atom. The highest BCUT2D eigenvalue weighted by molar-refractivity contribution is 6.03. The largest absolute Gasteiger partial charge is 0.437 e. The number of hydrogen-bond donors (Lipinski definition) is 0. The summed E-state index contributed by atoms with van der Waals surface area (Å²) >= 11 is 0. The van der Waals surface area contributed by atoms with Crippen molar-refractivity contribution >= 4 is 32.8 Å². The Kier molecular flexibility index (Phi) is 3.52. The molecule has 6 aromatic rings. The molecule has 0 aliphatic carbocycles. The van der Waals surface area contributed by atoms with Crippen LogP contribution in [0.2, 0.25) is 0 Å². The van der Waals surface area contributed by atoms with Gasteiger partial charge in [0.05, 0.1) is 11.1 Å². The van der Waals surface area contributed by atoms with Gasteiger partial charge < -0.3 is 4.42 Å². The van der Waals surface area contributed by atoms with Gasteiger partial charge in [-0.25, -0.2) is 0 Å². The second-order valence-electron chi connectivity index (χ2n) is 7.01. The van der Waals surface area contributed by atoms with Gasteiger partial charge >= 0.3 is 0 Å². The summed E-state index contributed by atoms with van der Waals surface area (Å²) in [4.78, 5) is 18.0. The smallest absolute Gasteiger partial charge is 0.284 e. The molecule has 0 aliphatic heterocycles. The van der Waals surface area contributed by atoms with Crippen LogP contribution < -0.4 is 5.56 Å². The van der Waals surface area contributed by atoms with Crippen LogP contribution in [0.25, 0.3) is 49.9 Å². The molecule has 2 aromatic heterocycles. The van der Waals surface area contributed by atoms with Crippen molar-refractivity contribution in [2.24, 2.45) is 0 Å². The van der Waals surface area contributed by atoms with E-state index in [2.05, 4.69) is 21.2 Å². The third-order valence-corrected chi connectivity index (χ3v) is 5.15. The Morgan fingerprint density at radius 2 is 1.50 bits per heavy atom. The quantitative estimate of drug-likeness (QED) is 0.427. The molecule has 0 N–H and O–H groups in total. The lowest BCUT2D eigenvalue weighted by molar-refractivity contribution is 0.595. The predicted octanol–water partition coefficient (Wildman–Crippen LogP) is 4.74. The van der Waals surface area contributed by atoms with Crippen molar-refractivity contribution in [3.8, 4) is 17.1 Å². The molecule has 0 radical (unpaired) electrons. The zero-order valence-electron chi connectivity index (χ0n) is 15.7. The first-order valence-corrected chi connectivity index (χ1v) is 9.52. The Morgan fingerprint density at radius 1 is 0.733 bits per heavy atom. The van der Waals surface area contributed by atoms with Gasteiger partial charge in [0.2, 0.25) is 5.89 Å². The summed E-state index contributed by atoms with van der Waals surface area (Å²) in [6.45, 7) is 0. The van der Waals surface area contributed by atoms with E-state index in [1.54, 1.807) is 23.0 Å². The first-order chi connectivity index (χ1) is 14.8. The zero-order valence-corrected chi connectivity index (χ0v) is 15.7. The van der Waals surface area contributed by atoms with Gasteiger partial charge in [-0.15, -0.1) is 10.2 Å². The Balaban J connectivity index is 1.43. The summed E-state index contributed by atoms with van der Waals surface area (Å²) in [5.74, 6) is 0.287. The molecule has 6 nitrogen and oxygen atoms in total. The van der Waals surface area contributed by atoms with Gasteiger partial charge in [0.15, 0.2) is 0 Å². The van der Waals surface area contributed by atoms with Crippen LogP contribution in [0.1, 0.15) is 0 Å². The van der Waals surface area contributed by atoms with E-state index in [-0.39, 0.29) is 11.4 Å². The normalized spacial score (nSPS) is 11.5. The summed E-state index contributed by atoms with van der Waals surface area (Å²) in [5.41, 5.74) is 3.43. The highest BCUT2D eigenvalue weighted by Crippen LogP contribution is 2.24. The van der Waals surface area contributed by atoms with Gasteiger partial charge in [-0.1, -0.05) is 42.5 Å². The number of hydrogen-bond acceptors (Lipinski definition) is 5. The van der Waals surface area contributed by atoms with Crippen LogP contribution in [0.3, 0.4) is 0 Å². The van der Waals surface area contributed by atoms with Crippen LogP contribution >= 0.6 is 0 Å². The fourth-order valence-electron chi connectivity index (χ4n) is 3.64. The molecule has 0 unspecified atom stereocenters. The van der Waals surface area contributed by atoms with E-state index in [9.17, 15) is 4.79 Å². The molecule has 0 atom stereocenters. The molecule has 30 heavy (non-hydrogen) atoms. The minimum atomic E-state index is -0.303. The molecule has 0 bridgehead atoms. The topological polar surface area (TPSA) is 73.8 Å². The lowest BCUT2D eigenvalue weighted by Crippen LogP contribution is -2.07. The third kappa shape index (κ3) is 2.58. The van der Waals surface area contributed by atoms with Crippen LogP contribution in [0.5, 0.6) is 0 Å². The van der Waals surface area contributed by atoms with Crippen molar-refractivity contribution < 1.29 is 4.42 Å². The third-order valence-electron chi connectivity index (χ3n) is 5.15. The van der Waals surface area contributed by atoms with Crippen molar-refractivity contribution in [2.75, 3.05) is 0 Å². The fourth-order valence-corrected chi connectivity index (χ4v) is 3.64. The van der Waals surface area contributed by atoms with E-state index in [1.807, 2.05) is 60.7 Å². The van der Waals surface area contributed by atoms with Crippen molar-refractivity contribution in [1.82, 2.24) is 20.0 Å². The maximum atomic E-state index is 12.3. The van der Waals surface area contributed by atoms with Gasteiger partial charge in [-0.3, -0.25) is 4.79 Å². The number of rotatable bonds is 2. The van der Waals surface area contributed by atoms with E-state index < -0.39 is 0 Å². The van der Waals surface area contributed by atoms with Gasteiger partial charge in [0, 0.05) is 10.9 Å². The number of aromatic nitrogens is 4. The standard InChI is InChI=1S/C24H14N4O2/c29-23-19-7-3-4-8-21(19)30-24(25-23)16-9-12-17(13-10-16)28-26-20-14-11-15-5-1-2-6-18(15)22(20)27-28/h1-14H. The van der Waals surface area contributed by atoms with E-state index in [1.165, 1.54) is 0 Å². The average Bonchev–Trinajstić information content (AvgIpc) is 3.24. The van der Waals surface area contributed by atoms with Crippen molar-refractivity contribution in [2.45, 2.75) is 0 Å². The summed E-state index contributed by atoms with van der Waals surface area (Å²) < 4.78 is 5.82. The zero-order chi connectivity index (χ0) is 20.1. The molecule has 0 aliphatic rings. The molecule has 0 saturated heterocycles. The lowest BCUT2D eigenvalue weighted by Gasteiger charge is -2.03. The van der Waals surface area contributed by atoms with Crippen LogP contribution in [-0.2, 0) is 0 Å². The second-order valence-corrected chi connectivity index (χ2v) is 7.01. The van der Waals surface area contributed by atoms with Gasteiger partial charge in [0.25, 0.3) is 5.56 Å². The first-order valence-electron chi connectivity index (χ1n) is 9.52. The maximum absolute atomic E-state index is 12.3. The Hall–Kier alpha value is -4.32. The van der Waals surface area contributed by atoms with Crippen molar-refractivity contribution in [3.63, 3.8) is 0 Å². The van der Waals surface area contributed by atoms with Crippen molar-refractivity contribution in [1.29, 1.82) is 0 Å². The summed E-state index contributed by atoms with van der Waals surface area (Å²) in [6.07, 6.45) is 0. The average molecular weight is 390 g/mol. The number of nitrogens with zero attached hydrogens (tertiary/aromatic N) is 4. The van der Waals surface area contributed by atoms with E-state index >= 15 is 0 Å². The number of para-hydroxylation sites is 1. The minimum absolute atomic E-state index is 0.287. The van der Waals surface area contributed by atoms with Crippen molar-refractivity contribution in [3.05, 3.63) is 95.3 Å². The lowest BCUT2D eigenvalue weighted by atomic mass is 10.1.